The van der Waals surface area contributed by atoms with Gasteiger partial charge in [-0.3, -0.25) is 0 Å². The summed E-state index contributed by atoms with van der Waals surface area (Å²) in [6.45, 7) is 7.40. The highest BCUT2D eigenvalue weighted by molar-refractivity contribution is 5.47. The smallest absolute Gasteiger partial charge is 0.125 e. The number of benzene rings is 1. The van der Waals surface area contributed by atoms with Crippen LogP contribution in [0.25, 0.3) is 0 Å². The maximum absolute atomic E-state index is 13.3. The maximum Gasteiger partial charge on any atom is 0.125 e. The lowest BCUT2D eigenvalue weighted by atomic mass is 9.96. The number of rotatable bonds is 3. The van der Waals surface area contributed by atoms with Crippen molar-refractivity contribution in [1.29, 1.82) is 0 Å². The number of piperidine rings is 1. The molecule has 0 spiro atoms. The quantitative estimate of drug-likeness (QED) is 0.868. The molecule has 1 N–H and O–H groups in total. The van der Waals surface area contributed by atoms with Crippen molar-refractivity contribution in [3.63, 3.8) is 0 Å². The van der Waals surface area contributed by atoms with Crippen LogP contribution in [0.5, 0.6) is 0 Å². The highest BCUT2D eigenvalue weighted by Crippen LogP contribution is 2.23. The summed E-state index contributed by atoms with van der Waals surface area (Å²) in [6, 6.07) is 7.38. The lowest BCUT2D eigenvalue weighted by molar-refractivity contribution is 0.350. The Morgan fingerprint density at radius 3 is 2.88 bits per heavy atom. The fourth-order valence-corrected chi connectivity index (χ4v) is 2.67. The van der Waals surface area contributed by atoms with Gasteiger partial charge in [-0.2, -0.15) is 0 Å². The molecule has 2 rings (SSSR count). The fraction of sp³-hybridized carbons (Fsp3) is 0.571. The Morgan fingerprint density at radius 2 is 2.24 bits per heavy atom. The number of hydrogen-bond donors (Lipinski definition) is 1. The van der Waals surface area contributed by atoms with Gasteiger partial charge < -0.3 is 10.2 Å². The highest BCUT2D eigenvalue weighted by atomic mass is 19.1. The van der Waals surface area contributed by atoms with Gasteiger partial charge in [-0.05, 0) is 44.0 Å². The first-order valence-electron chi connectivity index (χ1n) is 6.43. The minimum atomic E-state index is -0.155. The number of halogens is 1. The molecule has 1 fully saturated rings. The molecule has 1 aromatic rings. The summed E-state index contributed by atoms with van der Waals surface area (Å²) >= 11 is 0. The second kappa shape index (κ2) is 5.50. The Kier molecular flexibility index (Phi) is 4.00. The summed E-state index contributed by atoms with van der Waals surface area (Å²) in [5.74, 6) is 0.536. The van der Waals surface area contributed by atoms with Gasteiger partial charge in [0.15, 0.2) is 0 Å². The van der Waals surface area contributed by atoms with E-state index in [0.717, 1.165) is 25.3 Å². The first-order valence-corrected chi connectivity index (χ1v) is 6.43. The molecular formula is C14H21FN2. The van der Waals surface area contributed by atoms with Gasteiger partial charge in [0.05, 0.1) is 0 Å². The minimum Gasteiger partial charge on any atom is -0.367 e. The SMILES string of the molecule is CCN(c1cccc(F)c1)C1CNCC(C)C1. The van der Waals surface area contributed by atoms with Crippen LogP contribution < -0.4 is 10.2 Å². The molecule has 1 aromatic carbocycles. The monoisotopic (exact) mass is 236 g/mol. The highest BCUT2D eigenvalue weighted by Gasteiger charge is 2.23. The first kappa shape index (κ1) is 12.4. The van der Waals surface area contributed by atoms with E-state index in [2.05, 4.69) is 24.1 Å². The standard InChI is InChI=1S/C14H21FN2/c1-3-17(13-6-4-5-12(15)8-13)14-7-11(2)9-16-10-14/h4-6,8,11,14,16H,3,7,9-10H2,1-2H3. The third-order valence-electron chi connectivity index (χ3n) is 3.47. The van der Waals surface area contributed by atoms with E-state index in [1.54, 1.807) is 12.1 Å². The Morgan fingerprint density at radius 1 is 1.41 bits per heavy atom. The third kappa shape index (κ3) is 2.97. The number of nitrogens with one attached hydrogen (secondary N) is 1. The summed E-state index contributed by atoms with van der Waals surface area (Å²) in [4.78, 5) is 2.30. The number of likely N-dealkylation sites (N-methyl/N-ethyl adjacent to an activating group) is 1. The number of nitrogens with zero attached hydrogens (tertiary/aromatic N) is 1. The Labute approximate surface area is 103 Å². The first-order chi connectivity index (χ1) is 8.20. The van der Waals surface area contributed by atoms with Gasteiger partial charge in [0.2, 0.25) is 0 Å². The van der Waals surface area contributed by atoms with E-state index in [1.807, 2.05) is 6.07 Å². The summed E-state index contributed by atoms with van der Waals surface area (Å²) < 4.78 is 13.3. The number of anilines is 1. The van der Waals surface area contributed by atoms with Gasteiger partial charge in [0, 0.05) is 24.8 Å². The third-order valence-corrected chi connectivity index (χ3v) is 3.47. The molecule has 0 bridgehead atoms. The molecule has 2 unspecified atom stereocenters. The van der Waals surface area contributed by atoms with Gasteiger partial charge in [-0.25, -0.2) is 4.39 Å². The van der Waals surface area contributed by atoms with Crippen LogP contribution in [0.4, 0.5) is 10.1 Å². The van der Waals surface area contributed by atoms with Crippen molar-refractivity contribution in [3.8, 4) is 0 Å². The van der Waals surface area contributed by atoms with Crippen LogP contribution in [0, 0.1) is 11.7 Å². The van der Waals surface area contributed by atoms with E-state index in [1.165, 1.54) is 12.5 Å². The van der Waals surface area contributed by atoms with E-state index in [-0.39, 0.29) is 5.82 Å². The Hall–Kier alpha value is -1.09. The molecule has 17 heavy (non-hydrogen) atoms. The van der Waals surface area contributed by atoms with E-state index in [4.69, 9.17) is 0 Å². The zero-order valence-corrected chi connectivity index (χ0v) is 10.6. The average molecular weight is 236 g/mol. The zero-order chi connectivity index (χ0) is 12.3. The molecule has 0 amide bonds. The van der Waals surface area contributed by atoms with E-state index >= 15 is 0 Å². The van der Waals surface area contributed by atoms with E-state index in [0.29, 0.717) is 12.0 Å². The summed E-state index contributed by atoms with van der Waals surface area (Å²) in [7, 11) is 0. The normalized spacial score (nSPS) is 24.6. The van der Waals surface area contributed by atoms with Crippen molar-refractivity contribution in [2.75, 3.05) is 24.5 Å². The van der Waals surface area contributed by atoms with Gasteiger partial charge in [-0.15, -0.1) is 0 Å². The minimum absolute atomic E-state index is 0.155. The van der Waals surface area contributed by atoms with Gasteiger partial charge >= 0.3 is 0 Å². The second-order valence-corrected chi connectivity index (χ2v) is 4.92. The van der Waals surface area contributed by atoms with Crippen molar-refractivity contribution < 1.29 is 4.39 Å². The van der Waals surface area contributed by atoms with Crippen molar-refractivity contribution in [1.82, 2.24) is 5.32 Å². The van der Waals surface area contributed by atoms with Crippen LogP contribution in [0.3, 0.4) is 0 Å². The van der Waals surface area contributed by atoms with Gasteiger partial charge in [0.1, 0.15) is 5.82 Å². The molecular weight excluding hydrogens is 215 g/mol. The van der Waals surface area contributed by atoms with Crippen LogP contribution in [0.15, 0.2) is 24.3 Å². The van der Waals surface area contributed by atoms with E-state index in [9.17, 15) is 4.39 Å². The van der Waals surface area contributed by atoms with Crippen molar-refractivity contribution in [2.24, 2.45) is 5.92 Å². The Balaban J connectivity index is 2.15. The van der Waals surface area contributed by atoms with Crippen LogP contribution >= 0.6 is 0 Å². The molecule has 94 valence electrons. The van der Waals surface area contributed by atoms with Gasteiger partial charge in [0.25, 0.3) is 0 Å². The molecule has 2 atom stereocenters. The van der Waals surface area contributed by atoms with Crippen molar-refractivity contribution in [3.05, 3.63) is 30.1 Å². The van der Waals surface area contributed by atoms with Crippen LogP contribution in [-0.4, -0.2) is 25.7 Å². The molecule has 1 aliphatic rings. The number of hydrogen-bond acceptors (Lipinski definition) is 2. The molecule has 1 saturated heterocycles. The van der Waals surface area contributed by atoms with Gasteiger partial charge in [-0.1, -0.05) is 13.0 Å². The Bertz CT molecular complexity index is 367. The van der Waals surface area contributed by atoms with Crippen molar-refractivity contribution >= 4 is 5.69 Å². The van der Waals surface area contributed by atoms with E-state index < -0.39 is 0 Å². The predicted molar refractivity (Wildman–Crippen MR) is 69.9 cm³/mol. The van der Waals surface area contributed by atoms with Crippen LogP contribution in [-0.2, 0) is 0 Å². The molecule has 2 nitrogen and oxygen atoms in total. The van der Waals surface area contributed by atoms with Crippen LogP contribution in [0.1, 0.15) is 20.3 Å². The predicted octanol–water partition coefficient (Wildman–Crippen LogP) is 2.65. The fourth-order valence-electron chi connectivity index (χ4n) is 2.67. The molecule has 3 heteroatoms. The molecule has 0 aliphatic carbocycles. The largest absolute Gasteiger partial charge is 0.367 e. The molecule has 0 radical (unpaired) electrons. The lowest BCUT2D eigenvalue weighted by Crippen LogP contribution is -2.48. The summed E-state index contributed by atoms with van der Waals surface area (Å²) in [5.41, 5.74) is 0.994. The molecule has 0 aromatic heterocycles. The summed E-state index contributed by atoms with van der Waals surface area (Å²) in [5, 5.41) is 3.45. The topological polar surface area (TPSA) is 15.3 Å². The summed E-state index contributed by atoms with van der Waals surface area (Å²) in [6.07, 6.45) is 1.18. The lowest BCUT2D eigenvalue weighted by Gasteiger charge is -2.38. The van der Waals surface area contributed by atoms with Crippen molar-refractivity contribution in [2.45, 2.75) is 26.3 Å². The molecule has 1 heterocycles. The maximum atomic E-state index is 13.3. The molecule has 0 saturated carbocycles. The second-order valence-electron chi connectivity index (χ2n) is 4.92. The zero-order valence-electron chi connectivity index (χ0n) is 10.6. The van der Waals surface area contributed by atoms with Crippen LogP contribution in [0.2, 0.25) is 0 Å². The average Bonchev–Trinajstić information content (AvgIpc) is 2.30. The molecule has 1 aliphatic heterocycles.